The smallest absolute Gasteiger partial charge is 0.255 e. The van der Waals surface area contributed by atoms with Gasteiger partial charge >= 0.3 is 0 Å². The SMILES string of the molecule is CCc1ccc(C(N)=O)c(CC)[n+]1[O-]. The first-order valence-electron chi connectivity index (χ1n) is 4.65. The molecule has 0 spiro atoms. The van der Waals surface area contributed by atoms with Gasteiger partial charge in [-0.25, -0.2) is 0 Å². The molecule has 4 heteroatoms. The Hall–Kier alpha value is -1.58. The molecule has 0 saturated heterocycles. The number of aromatic nitrogens is 1. The molecule has 4 nitrogen and oxygen atoms in total. The lowest BCUT2D eigenvalue weighted by atomic mass is 10.1. The Bertz CT molecular complexity index is 361. The number of rotatable bonds is 3. The van der Waals surface area contributed by atoms with E-state index in [-0.39, 0.29) is 0 Å². The van der Waals surface area contributed by atoms with Crippen LogP contribution in [0.5, 0.6) is 0 Å². The summed E-state index contributed by atoms with van der Waals surface area (Å²) in [7, 11) is 0. The fourth-order valence-electron chi connectivity index (χ4n) is 1.45. The number of carbonyl (C=O) groups excluding carboxylic acids is 1. The minimum Gasteiger partial charge on any atom is -0.618 e. The zero-order chi connectivity index (χ0) is 10.7. The molecule has 0 aliphatic carbocycles. The van der Waals surface area contributed by atoms with Crippen molar-refractivity contribution in [3.8, 4) is 0 Å². The van der Waals surface area contributed by atoms with Gasteiger partial charge < -0.3 is 10.9 Å². The highest BCUT2D eigenvalue weighted by Crippen LogP contribution is 2.06. The molecule has 14 heavy (non-hydrogen) atoms. The number of primary amides is 1. The highest BCUT2D eigenvalue weighted by atomic mass is 16.5. The van der Waals surface area contributed by atoms with Crippen LogP contribution in [0.4, 0.5) is 0 Å². The van der Waals surface area contributed by atoms with E-state index in [1.807, 2.05) is 13.8 Å². The first-order chi connectivity index (χ1) is 6.61. The van der Waals surface area contributed by atoms with E-state index in [4.69, 9.17) is 5.73 Å². The summed E-state index contributed by atoms with van der Waals surface area (Å²) in [6.45, 7) is 3.72. The molecule has 1 rings (SSSR count). The van der Waals surface area contributed by atoms with E-state index in [2.05, 4.69) is 0 Å². The number of nitrogens with zero attached hydrogens (tertiary/aromatic N) is 1. The van der Waals surface area contributed by atoms with Crippen LogP contribution in [0.3, 0.4) is 0 Å². The molecule has 0 unspecified atom stereocenters. The maximum Gasteiger partial charge on any atom is 0.255 e. The highest BCUT2D eigenvalue weighted by molar-refractivity contribution is 5.93. The molecule has 1 aromatic heterocycles. The standard InChI is InChI=1S/C10H14N2O2/c1-3-7-5-6-8(10(11)13)9(4-2)12(7)14/h5-6H,3-4H2,1-2H3,(H2,11,13). The third-order valence-electron chi connectivity index (χ3n) is 2.22. The number of nitrogens with two attached hydrogens (primary N) is 1. The number of carbonyl (C=O) groups is 1. The van der Waals surface area contributed by atoms with Gasteiger partial charge in [0.2, 0.25) is 5.69 Å². The van der Waals surface area contributed by atoms with Crippen molar-refractivity contribution in [3.05, 3.63) is 34.3 Å². The molecule has 0 radical (unpaired) electrons. The number of pyridine rings is 1. The van der Waals surface area contributed by atoms with E-state index >= 15 is 0 Å². The summed E-state index contributed by atoms with van der Waals surface area (Å²) in [6.07, 6.45) is 1.16. The topological polar surface area (TPSA) is 70.0 Å². The van der Waals surface area contributed by atoms with Gasteiger partial charge in [0.15, 0.2) is 5.69 Å². The second kappa shape index (κ2) is 4.09. The van der Waals surface area contributed by atoms with Crippen LogP contribution in [0.1, 0.15) is 35.6 Å². The Kier molecular flexibility index (Phi) is 3.06. The van der Waals surface area contributed by atoms with Crippen molar-refractivity contribution in [1.82, 2.24) is 0 Å². The quantitative estimate of drug-likeness (QED) is 0.563. The molecular weight excluding hydrogens is 180 g/mol. The summed E-state index contributed by atoms with van der Waals surface area (Å²) in [5, 5.41) is 11.7. The van der Waals surface area contributed by atoms with Gasteiger partial charge in [-0.1, -0.05) is 13.8 Å². The molecule has 2 N–H and O–H groups in total. The third kappa shape index (κ3) is 1.69. The third-order valence-corrected chi connectivity index (χ3v) is 2.22. The molecule has 0 bridgehead atoms. The molecule has 1 amide bonds. The fraction of sp³-hybridized carbons (Fsp3) is 0.400. The van der Waals surface area contributed by atoms with E-state index in [1.54, 1.807) is 12.1 Å². The molecule has 0 atom stereocenters. The summed E-state index contributed by atoms with van der Waals surface area (Å²) in [4.78, 5) is 11.0. The second-order valence-electron chi connectivity index (χ2n) is 3.05. The first kappa shape index (κ1) is 10.5. The van der Waals surface area contributed by atoms with E-state index in [1.165, 1.54) is 0 Å². The number of amides is 1. The van der Waals surface area contributed by atoms with E-state index in [9.17, 15) is 10.0 Å². The van der Waals surface area contributed by atoms with Crippen LogP contribution in [-0.4, -0.2) is 5.91 Å². The predicted molar refractivity (Wildman–Crippen MR) is 52.7 cm³/mol. The normalized spacial score (nSPS) is 10.1. The van der Waals surface area contributed by atoms with Crippen LogP contribution >= 0.6 is 0 Å². The van der Waals surface area contributed by atoms with Crippen LogP contribution in [0.2, 0.25) is 0 Å². The minimum absolute atomic E-state index is 0.319. The minimum atomic E-state index is -0.547. The van der Waals surface area contributed by atoms with Gasteiger partial charge in [0, 0.05) is 18.9 Å². The summed E-state index contributed by atoms with van der Waals surface area (Å²) in [6, 6.07) is 3.26. The number of hydrogen-bond donors (Lipinski definition) is 1. The molecule has 0 aromatic carbocycles. The molecule has 1 heterocycles. The van der Waals surface area contributed by atoms with Gasteiger partial charge in [0.1, 0.15) is 5.56 Å². The number of hydrogen-bond acceptors (Lipinski definition) is 2. The Morgan fingerprint density at radius 3 is 2.50 bits per heavy atom. The van der Waals surface area contributed by atoms with E-state index in [0.29, 0.717) is 29.8 Å². The van der Waals surface area contributed by atoms with Crippen molar-refractivity contribution in [2.75, 3.05) is 0 Å². The van der Waals surface area contributed by atoms with Crippen LogP contribution in [0.15, 0.2) is 12.1 Å². The zero-order valence-electron chi connectivity index (χ0n) is 8.41. The lowest BCUT2D eigenvalue weighted by Gasteiger charge is -2.09. The highest BCUT2D eigenvalue weighted by Gasteiger charge is 2.17. The Morgan fingerprint density at radius 2 is 2.07 bits per heavy atom. The van der Waals surface area contributed by atoms with Gasteiger partial charge in [-0.2, -0.15) is 4.73 Å². The van der Waals surface area contributed by atoms with Crippen molar-refractivity contribution in [1.29, 1.82) is 0 Å². The molecule has 0 aliphatic heterocycles. The fourth-order valence-corrected chi connectivity index (χ4v) is 1.45. The summed E-state index contributed by atoms with van der Waals surface area (Å²) >= 11 is 0. The molecule has 1 aromatic rings. The average molecular weight is 194 g/mol. The van der Waals surface area contributed by atoms with Crippen molar-refractivity contribution in [3.63, 3.8) is 0 Å². The first-order valence-corrected chi connectivity index (χ1v) is 4.65. The largest absolute Gasteiger partial charge is 0.618 e. The van der Waals surface area contributed by atoms with Gasteiger partial charge in [0.25, 0.3) is 5.91 Å². The summed E-state index contributed by atoms with van der Waals surface area (Å²) in [5.41, 5.74) is 6.59. The lowest BCUT2D eigenvalue weighted by molar-refractivity contribution is -0.622. The lowest BCUT2D eigenvalue weighted by Crippen LogP contribution is -2.39. The average Bonchev–Trinajstić information content (AvgIpc) is 2.17. The molecule has 76 valence electrons. The van der Waals surface area contributed by atoms with Crippen LogP contribution in [0.25, 0.3) is 0 Å². The van der Waals surface area contributed by atoms with Gasteiger partial charge in [-0.05, 0) is 6.07 Å². The summed E-state index contributed by atoms with van der Waals surface area (Å²) < 4.78 is 0.806. The Balaban J connectivity index is 3.35. The van der Waals surface area contributed by atoms with Gasteiger partial charge in [-0.15, -0.1) is 0 Å². The van der Waals surface area contributed by atoms with Crippen LogP contribution in [-0.2, 0) is 12.8 Å². The maximum atomic E-state index is 11.7. The van der Waals surface area contributed by atoms with Crippen LogP contribution < -0.4 is 10.5 Å². The predicted octanol–water partition coefficient (Wildman–Crippen LogP) is 0.544. The maximum absolute atomic E-state index is 11.7. The Labute approximate surface area is 82.9 Å². The second-order valence-corrected chi connectivity index (χ2v) is 3.05. The molecular formula is C10H14N2O2. The van der Waals surface area contributed by atoms with Gasteiger partial charge in [-0.3, -0.25) is 4.79 Å². The zero-order valence-corrected chi connectivity index (χ0v) is 8.41. The van der Waals surface area contributed by atoms with Crippen molar-refractivity contribution in [2.45, 2.75) is 26.7 Å². The monoisotopic (exact) mass is 194 g/mol. The number of aryl methyl sites for hydroxylation is 1. The summed E-state index contributed by atoms with van der Waals surface area (Å²) in [5.74, 6) is -0.547. The van der Waals surface area contributed by atoms with Gasteiger partial charge in [0.05, 0.1) is 0 Å². The van der Waals surface area contributed by atoms with Crippen molar-refractivity contribution >= 4 is 5.91 Å². The van der Waals surface area contributed by atoms with Crippen LogP contribution in [0, 0.1) is 5.21 Å². The van der Waals surface area contributed by atoms with E-state index in [0.717, 1.165) is 4.73 Å². The van der Waals surface area contributed by atoms with Crippen molar-refractivity contribution in [2.24, 2.45) is 5.73 Å². The Morgan fingerprint density at radius 1 is 1.43 bits per heavy atom. The molecule has 0 fully saturated rings. The van der Waals surface area contributed by atoms with Crippen molar-refractivity contribution < 1.29 is 9.52 Å². The molecule has 0 saturated carbocycles. The van der Waals surface area contributed by atoms with E-state index < -0.39 is 5.91 Å². The molecule has 0 aliphatic rings.